The van der Waals surface area contributed by atoms with Gasteiger partial charge in [-0.3, -0.25) is 14.4 Å². The highest BCUT2D eigenvalue weighted by molar-refractivity contribution is 5.72. The van der Waals surface area contributed by atoms with E-state index in [0.29, 0.717) is 12.8 Å². The lowest BCUT2D eigenvalue weighted by molar-refractivity contribution is -0.166. The smallest absolute Gasteiger partial charge is 0.309 e. The van der Waals surface area contributed by atoms with Gasteiger partial charge >= 0.3 is 17.9 Å². The molecule has 0 spiro atoms. The molecule has 0 saturated carbocycles. The van der Waals surface area contributed by atoms with Crippen molar-refractivity contribution in [3.05, 3.63) is 134 Å². The maximum atomic E-state index is 12.7. The van der Waals surface area contributed by atoms with Crippen molar-refractivity contribution in [1.82, 2.24) is 0 Å². The number of hydrogen-bond acceptors (Lipinski definition) is 6. The number of esters is 3. The Kier molecular flexibility index (Phi) is 44.7. The number of hydrogen-bond donors (Lipinski definition) is 0. The van der Waals surface area contributed by atoms with Crippen LogP contribution in [0, 0.1) is 0 Å². The third-order valence-corrected chi connectivity index (χ3v) is 9.15. The highest BCUT2D eigenvalue weighted by atomic mass is 16.6. The number of allylic oxidation sites excluding steroid dienone is 21. The van der Waals surface area contributed by atoms with Crippen LogP contribution in [-0.4, -0.2) is 37.2 Å². The van der Waals surface area contributed by atoms with Crippen molar-refractivity contribution in [1.29, 1.82) is 0 Å². The molecule has 340 valence electrons. The van der Waals surface area contributed by atoms with Gasteiger partial charge in [0.15, 0.2) is 6.10 Å². The second-order valence-corrected chi connectivity index (χ2v) is 14.9. The fourth-order valence-electron chi connectivity index (χ4n) is 5.67. The fourth-order valence-corrected chi connectivity index (χ4v) is 5.67. The number of carbonyl (C=O) groups excluding carboxylic acids is 3. The average Bonchev–Trinajstić information content (AvgIpc) is 3.26. The molecular formula is C55H84O6. The van der Waals surface area contributed by atoms with Crippen molar-refractivity contribution < 1.29 is 28.6 Å². The van der Waals surface area contributed by atoms with Gasteiger partial charge in [0, 0.05) is 12.8 Å². The normalized spacial score (nSPS) is 13.3. The van der Waals surface area contributed by atoms with E-state index in [9.17, 15) is 14.4 Å². The molecule has 0 fully saturated rings. The Morgan fingerprint density at radius 3 is 1.15 bits per heavy atom. The van der Waals surface area contributed by atoms with E-state index < -0.39 is 18.0 Å². The number of ether oxygens (including phenoxy) is 3. The van der Waals surface area contributed by atoms with Crippen molar-refractivity contribution in [2.75, 3.05) is 13.2 Å². The van der Waals surface area contributed by atoms with Crippen molar-refractivity contribution in [2.24, 2.45) is 0 Å². The van der Waals surface area contributed by atoms with Crippen molar-refractivity contribution in [3.63, 3.8) is 0 Å². The molecule has 1 atom stereocenters. The molecule has 61 heavy (non-hydrogen) atoms. The summed E-state index contributed by atoms with van der Waals surface area (Å²) in [6.07, 6.45) is 67.7. The van der Waals surface area contributed by atoms with Gasteiger partial charge in [-0.05, 0) is 103 Å². The molecule has 0 amide bonds. The van der Waals surface area contributed by atoms with Crippen LogP contribution in [0.1, 0.15) is 175 Å². The zero-order valence-corrected chi connectivity index (χ0v) is 38.6. The topological polar surface area (TPSA) is 78.9 Å². The molecule has 6 nitrogen and oxygen atoms in total. The highest BCUT2D eigenvalue weighted by Gasteiger charge is 2.19. The summed E-state index contributed by atoms with van der Waals surface area (Å²) >= 11 is 0. The Bertz CT molecular complexity index is 1380. The van der Waals surface area contributed by atoms with E-state index in [2.05, 4.69) is 142 Å². The Morgan fingerprint density at radius 2 is 0.705 bits per heavy atom. The molecule has 0 aliphatic carbocycles. The summed E-state index contributed by atoms with van der Waals surface area (Å²) in [4.78, 5) is 37.7. The van der Waals surface area contributed by atoms with E-state index in [1.54, 1.807) is 6.08 Å². The van der Waals surface area contributed by atoms with Gasteiger partial charge in [0.1, 0.15) is 13.2 Å². The van der Waals surface area contributed by atoms with Gasteiger partial charge in [0.25, 0.3) is 0 Å². The van der Waals surface area contributed by atoms with Crippen LogP contribution < -0.4 is 0 Å². The molecule has 0 saturated heterocycles. The Hall–Kier alpha value is -4.45. The third-order valence-electron chi connectivity index (χ3n) is 9.15. The Labute approximate surface area is 373 Å². The predicted octanol–water partition coefficient (Wildman–Crippen LogP) is 15.5. The van der Waals surface area contributed by atoms with Crippen LogP contribution in [0.25, 0.3) is 0 Å². The third kappa shape index (κ3) is 46.5. The summed E-state index contributed by atoms with van der Waals surface area (Å²) in [5.74, 6) is -1.21. The molecule has 0 radical (unpaired) electrons. The molecule has 0 rings (SSSR count). The average molecular weight is 841 g/mol. The summed E-state index contributed by atoms with van der Waals surface area (Å²) in [5, 5.41) is 0. The standard InChI is InChI=1S/C55H84O6/c1-4-7-10-13-16-19-21-23-25-27-29-31-33-36-39-42-45-48-54(57)60-51-52(50-59-53(56)47-44-41-38-35-18-15-12-9-6-3)61-55(58)49-46-43-40-37-34-32-30-28-26-24-22-20-17-14-11-8-5-2/h7,9-10,12,16,18-19,23-26,29-32,35-37,39-41,44,52H,4-6,8,11,13-15,17,20-22,27-28,33-34,38,42-43,45-51H2,1-3H3/b10-7-,12-9-,19-16-,25-23-,26-24-,31-29-,32-30-,35-18-,39-36-,40-37-,44-41-. The van der Waals surface area contributed by atoms with Gasteiger partial charge in [-0.15, -0.1) is 0 Å². The van der Waals surface area contributed by atoms with Gasteiger partial charge in [0.05, 0.1) is 6.42 Å². The quantitative estimate of drug-likeness (QED) is 0.0265. The van der Waals surface area contributed by atoms with E-state index in [-0.39, 0.29) is 38.4 Å². The first kappa shape index (κ1) is 56.5. The number of rotatable bonds is 40. The monoisotopic (exact) mass is 841 g/mol. The molecule has 0 bridgehead atoms. The summed E-state index contributed by atoms with van der Waals surface area (Å²) in [6, 6.07) is 0. The predicted molar refractivity (Wildman–Crippen MR) is 260 cm³/mol. The minimum atomic E-state index is -0.866. The highest BCUT2D eigenvalue weighted by Crippen LogP contribution is 2.09. The minimum Gasteiger partial charge on any atom is -0.462 e. The summed E-state index contributed by atoms with van der Waals surface area (Å²) in [7, 11) is 0. The lowest BCUT2D eigenvalue weighted by Crippen LogP contribution is -2.30. The van der Waals surface area contributed by atoms with Crippen LogP contribution in [0.4, 0.5) is 0 Å². The van der Waals surface area contributed by atoms with E-state index >= 15 is 0 Å². The number of unbranched alkanes of at least 4 members (excludes halogenated alkanes) is 8. The lowest BCUT2D eigenvalue weighted by Gasteiger charge is -2.18. The summed E-state index contributed by atoms with van der Waals surface area (Å²) in [5.41, 5.74) is 0. The molecule has 0 aromatic heterocycles. The van der Waals surface area contributed by atoms with E-state index in [1.165, 1.54) is 44.9 Å². The van der Waals surface area contributed by atoms with Crippen molar-refractivity contribution >= 4 is 17.9 Å². The first-order chi connectivity index (χ1) is 30.0. The molecule has 0 aromatic carbocycles. The molecule has 0 aromatic rings. The molecule has 0 aliphatic heterocycles. The second-order valence-electron chi connectivity index (χ2n) is 14.9. The minimum absolute atomic E-state index is 0.108. The van der Waals surface area contributed by atoms with Crippen molar-refractivity contribution in [2.45, 2.75) is 181 Å². The second kappa shape index (κ2) is 48.2. The first-order valence-electron chi connectivity index (χ1n) is 23.7. The lowest BCUT2D eigenvalue weighted by atomic mass is 10.1. The maximum absolute atomic E-state index is 12.7. The van der Waals surface area contributed by atoms with Crippen molar-refractivity contribution in [3.8, 4) is 0 Å². The molecule has 0 heterocycles. The number of carbonyl (C=O) groups is 3. The van der Waals surface area contributed by atoms with Crippen LogP contribution in [0.3, 0.4) is 0 Å². The SMILES string of the molecule is CC/C=C\C/C=C\C/C=C\C/C=C\C/C=C\CCCC(=O)OCC(COC(=O)C/C=C\C/C=C\C/C=C\CC)OC(=O)CCC/C=C\C/C=C\C/C=C\CCCCCCCC. The molecule has 0 aliphatic rings. The molecule has 6 heteroatoms. The van der Waals surface area contributed by atoms with E-state index in [4.69, 9.17) is 14.2 Å². The van der Waals surface area contributed by atoms with Crippen LogP contribution in [-0.2, 0) is 28.6 Å². The van der Waals surface area contributed by atoms with Gasteiger partial charge in [-0.25, -0.2) is 0 Å². The van der Waals surface area contributed by atoms with Gasteiger partial charge in [-0.1, -0.05) is 187 Å². The fraction of sp³-hybridized carbons (Fsp3) is 0.545. The van der Waals surface area contributed by atoms with E-state index in [1.807, 2.05) is 6.08 Å². The largest absolute Gasteiger partial charge is 0.462 e. The Balaban J connectivity index is 4.61. The zero-order chi connectivity index (χ0) is 44.4. The van der Waals surface area contributed by atoms with Crippen LogP contribution in [0.15, 0.2) is 134 Å². The zero-order valence-electron chi connectivity index (χ0n) is 38.6. The van der Waals surface area contributed by atoms with Crippen LogP contribution in [0.5, 0.6) is 0 Å². The van der Waals surface area contributed by atoms with Gasteiger partial charge in [0.2, 0.25) is 0 Å². The summed E-state index contributed by atoms with van der Waals surface area (Å²) in [6.45, 7) is 6.17. The van der Waals surface area contributed by atoms with Crippen LogP contribution >= 0.6 is 0 Å². The van der Waals surface area contributed by atoms with Gasteiger partial charge < -0.3 is 14.2 Å². The molecule has 1 unspecified atom stereocenters. The Morgan fingerprint density at radius 1 is 0.361 bits per heavy atom. The van der Waals surface area contributed by atoms with E-state index in [0.717, 1.165) is 77.0 Å². The molecule has 0 N–H and O–H groups in total. The first-order valence-corrected chi connectivity index (χ1v) is 23.7. The molecular weight excluding hydrogens is 757 g/mol. The summed E-state index contributed by atoms with van der Waals surface area (Å²) < 4.78 is 16.5. The van der Waals surface area contributed by atoms with Gasteiger partial charge in [-0.2, -0.15) is 0 Å². The maximum Gasteiger partial charge on any atom is 0.309 e. The van der Waals surface area contributed by atoms with Crippen LogP contribution in [0.2, 0.25) is 0 Å².